The largest absolute Gasteiger partial charge is 0.394 e. The first kappa shape index (κ1) is 90.2. The summed E-state index contributed by atoms with van der Waals surface area (Å²) in [6.07, 6.45) is 52.8. The van der Waals surface area contributed by atoms with Crippen molar-refractivity contribution in [1.82, 2.24) is 5.32 Å². The Hall–Kier alpha value is -3.03. The molecule has 0 aliphatic carbocycles. The molecule has 0 saturated carbocycles. The van der Waals surface area contributed by atoms with Crippen LogP contribution in [0.5, 0.6) is 0 Å². The van der Waals surface area contributed by atoms with E-state index in [2.05, 4.69) is 92.1 Å². The van der Waals surface area contributed by atoms with Crippen molar-refractivity contribution in [2.45, 2.75) is 388 Å². The van der Waals surface area contributed by atoms with Gasteiger partial charge in [0.15, 0.2) is 18.9 Å². The van der Waals surface area contributed by atoms with Crippen LogP contribution in [-0.4, -0.2) is 193 Å². The van der Waals surface area contributed by atoms with Crippen LogP contribution >= 0.6 is 0 Å². The average Bonchev–Trinajstić information content (AvgIpc) is 0.755. The van der Waals surface area contributed by atoms with Crippen LogP contribution in [0.3, 0.4) is 0 Å². The molecule has 3 heterocycles. The molecule has 0 aromatic carbocycles. The first-order valence-electron chi connectivity index (χ1n) is 39.3. The van der Waals surface area contributed by atoms with Gasteiger partial charge >= 0.3 is 0 Å². The van der Waals surface area contributed by atoms with Crippen LogP contribution in [0.2, 0.25) is 0 Å². The molecule has 0 aromatic heterocycles. The highest BCUT2D eigenvalue weighted by Gasteiger charge is 2.53. The molecule has 3 aliphatic rings. The van der Waals surface area contributed by atoms with Gasteiger partial charge in [0.25, 0.3) is 0 Å². The molecule has 574 valence electrons. The third-order valence-corrected chi connectivity index (χ3v) is 19.2. The highest BCUT2D eigenvalue weighted by Crippen LogP contribution is 2.33. The lowest BCUT2D eigenvalue weighted by molar-refractivity contribution is -0.379. The van der Waals surface area contributed by atoms with Gasteiger partial charge in [-0.1, -0.05) is 279 Å². The standard InChI is InChI=1S/C80H141NO18/c1-3-5-7-9-11-13-15-17-19-21-23-25-27-29-30-31-32-34-35-37-39-41-43-45-47-49-51-53-55-57-64(85)63(81-68(86)58-56-54-52-50-48-46-44-42-40-38-36-33-28-26-24-22-20-18-16-14-12-10-8-6-4-2)62-94-78-74(92)71(89)76(66(60-83)96-78)99-80-75(93)72(90)77(67(61-84)97-80)98-79-73(91)70(88)69(87)65(59-82)95-79/h6,8,12,14,18,20,24,26,39,41,47,49,55,57,63-67,69-80,82-85,87-93H,3-5,7,9-11,13,15-17,19,21-23,25,27-38,40,42-46,48,50-54,56,58-62H2,1-2H3,(H,81,86)/b8-6-,14-12-,20-18-,26-24-,41-39+,49-47+,57-55+. The number of carbonyl (C=O) groups is 1. The third kappa shape index (κ3) is 40.7. The van der Waals surface area contributed by atoms with Crippen LogP contribution in [0, 0.1) is 0 Å². The maximum absolute atomic E-state index is 13.5. The Bertz CT molecular complexity index is 2120. The lowest BCUT2D eigenvalue weighted by Crippen LogP contribution is -2.66. The number of aliphatic hydroxyl groups is 11. The summed E-state index contributed by atoms with van der Waals surface area (Å²) in [5.41, 5.74) is 0. The van der Waals surface area contributed by atoms with Gasteiger partial charge < -0.3 is 89.9 Å². The van der Waals surface area contributed by atoms with Crippen LogP contribution < -0.4 is 5.32 Å². The molecule has 19 heteroatoms. The van der Waals surface area contributed by atoms with Crippen LogP contribution in [0.1, 0.15) is 284 Å². The minimum Gasteiger partial charge on any atom is -0.394 e. The number of unbranched alkanes of at least 4 members (excludes halogenated alkanes) is 33. The van der Waals surface area contributed by atoms with Crippen molar-refractivity contribution in [2.75, 3.05) is 26.4 Å². The van der Waals surface area contributed by atoms with Gasteiger partial charge in [0.2, 0.25) is 5.91 Å². The number of carbonyl (C=O) groups excluding carboxylic acids is 1. The van der Waals surface area contributed by atoms with E-state index in [1.807, 2.05) is 6.08 Å². The second-order valence-corrected chi connectivity index (χ2v) is 27.8. The second-order valence-electron chi connectivity index (χ2n) is 27.8. The summed E-state index contributed by atoms with van der Waals surface area (Å²) in [7, 11) is 0. The Balaban J connectivity index is 1.41. The van der Waals surface area contributed by atoms with E-state index < -0.39 is 124 Å². The van der Waals surface area contributed by atoms with E-state index in [4.69, 9.17) is 28.4 Å². The zero-order valence-electron chi connectivity index (χ0n) is 61.2. The molecule has 17 unspecified atom stereocenters. The molecule has 12 N–H and O–H groups in total. The van der Waals surface area contributed by atoms with E-state index in [1.54, 1.807) is 6.08 Å². The Morgan fingerprint density at radius 3 is 1.13 bits per heavy atom. The van der Waals surface area contributed by atoms with Gasteiger partial charge in [-0.2, -0.15) is 0 Å². The summed E-state index contributed by atoms with van der Waals surface area (Å²) in [6.45, 7) is 1.62. The number of aliphatic hydroxyl groups excluding tert-OH is 11. The summed E-state index contributed by atoms with van der Waals surface area (Å²) in [4.78, 5) is 13.5. The van der Waals surface area contributed by atoms with Crippen LogP contribution in [0.15, 0.2) is 85.1 Å². The topological polar surface area (TPSA) is 307 Å². The van der Waals surface area contributed by atoms with Gasteiger partial charge in [-0.15, -0.1) is 0 Å². The number of rotatable bonds is 61. The zero-order chi connectivity index (χ0) is 71.8. The first-order chi connectivity index (χ1) is 48.3. The summed E-state index contributed by atoms with van der Waals surface area (Å²) < 4.78 is 34.4. The molecular formula is C80H141NO18. The molecule has 3 fully saturated rings. The van der Waals surface area contributed by atoms with E-state index >= 15 is 0 Å². The van der Waals surface area contributed by atoms with Crippen molar-refractivity contribution in [3.05, 3.63) is 85.1 Å². The Morgan fingerprint density at radius 2 is 0.707 bits per heavy atom. The Morgan fingerprint density at radius 1 is 0.374 bits per heavy atom. The molecule has 17 atom stereocenters. The lowest BCUT2D eigenvalue weighted by atomic mass is 9.96. The van der Waals surface area contributed by atoms with E-state index in [1.165, 1.54) is 167 Å². The molecule has 1 amide bonds. The van der Waals surface area contributed by atoms with Gasteiger partial charge in [-0.25, -0.2) is 0 Å². The fourth-order valence-electron chi connectivity index (χ4n) is 12.9. The predicted octanol–water partition coefficient (Wildman–Crippen LogP) is 12.6. The van der Waals surface area contributed by atoms with Gasteiger partial charge in [0, 0.05) is 6.42 Å². The number of ether oxygens (including phenoxy) is 6. The molecule has 19 nitrogen and oxygen atoms in total. The highest BCUT2D eigenvalue weighted by atomic mass is 16.8. The van der Waals surface area contributed by atoms with Crippen molar-refractivity contribution < 1.29 is 89.4 Å². The number of hydrogen-bond donors (Lipinski definition) is 12. The van der Waals surface area contributed by atoms with Crippen LogP contribution in [-0.2, 0) is 33.2 Å². The SMILES string of the molecule is CC/C=C\C/C=C\C/C=C\C/C=C\CCCCCCCCCCCCCCC(=O)NC(COC1OC(CO)C(OC2OC(CO)C(OC3OC(CO)C(O)C(O)C3O)C(O)C2O)C(O)C1O)C(O)/C=C/CC/C=C/CC/C=C/CCCCCCCCCCCCCCCCCCCCC. The summed E-state index contributed by atoms with van der Waals surface area (Å²) in [5, 5.41) is 121. The smallest absolute Gasteiger partial charge is 0.220 e. The van der Waals surface area contributed by atoms with E-state index in [0.29, 0.717) is 12.8 Å². The Labute approximate surface area is 597 Å². The molecule has 0 radical (unpaired) electrons. The molecule has 3 rings (SSSR count). The fourth-order valence-corrected chi connectivity index (χ4v) is 12.9. The molecule has 3 saturated heterocycles. The molecule has 0 bridgehead atoms. The van der Waals surface area contributed by atoms with Crippen LogP contribution in [0.4, 0.5) is 0 Å². The van der Waals surface area contributed by atoms with E-state index in [9.17, 15) is 61.0 Å². The van der Waals surface area contributed by atoms with Gasteiger partial charge in [0.05, 0.1) is 38.6 Å². The van der Waals surface area contributed by atoms with Gasteiger partial charge in [0.1, 0.15) is 73.2 Å². The average molecular weight is 1400 g/mol. The summed E-state index contributed by atoms with van der Waals surface area (Å²) >= 11 is 0. The van der Waals surface area contributed by atoms with Crippen molar-refractivity contribution in [1.29, 1.82) is 0 Å². The van der Waals surface area contributed by atoms with Crippen molar-refractivity contribution in [3.63, 3.8) is 0 Å². The van der Waals surface area contributed by atoms with E-state index in [-0.39, 0.29) is 18.9 Å². The lowest BCUT2D eigenvalue weighted by Gasteiger charge is -2.48. The molecule has 0 aromatic rings. The highest BCUT2D eigenvalue weighted by molar-refractivity contribution is 5.76. The van der Waals surface area contributed by atoms with Crippen molar-refractivity contribution >= 4 is 5.91 Å². The maximum Gasteiger partial charge on any atom is 0.220 e. The van der Waals surface area contributed by atoms with E-state index in [0.717, 1.165) is 83.5 Å². The monoisotopic (exact) mass is 1400 g/mol. The number of amides is 1. The summed E-state index contributed by atoms with van der Waals surface area (Å²) in [5.74, 6) is -0.292. The zero-order valence-corrected chi connectivity index (χ0v) is 61.2. The van der Waals surface area contributed by atoms with Crippen molar-refractivity contribution in [3.8, 4) is 0 Å². The molecule has 99 heavy (non-hydrogen) atoms. The maximum atomic E-state index is 13.5. The number of hydrogen-bond acceptors (Lipinski definition) is 18. The minimum atomic E-state index is -1.99. The molecule has 3 aliphatic heterocycles. The molecule has 0 spiro atoms. The number of nitrogens with one attached hydrogen (secondary N) is 1. The normalized spacial score (nSPS) is 27.1. The van der Waals surface area contributed by atoms with Gasteiger partial charge in [-0.05, 0) is 83.5 Å². The Kier molecular flexibility index (Phi) is 54.9. The fraction of sp³-hybridized carbons (Fsp3) is 0.812. The predicted molar refractivity (Wildman–Crippen MR) is 392 cm³/mol. The quantitative estimate of drug-likeness (QED) is 0.0199. The molecular weight excluding hydrogens is 1260 g/mol. The minimum absolute atomic E-state index is 0.225. The van der Waals surface area contributed by atoms with Gasteiger partial charge in [-0.3, -0.25) is 4.79 Å². The second kappa shape index (κ2) is 60.3. The third-order valence-electron chi connectivity index (χ3n) is 19.2. The van der Waals surface area contributed by atoms with Crippen molar-refractivity contribution in [2.24, 2.45) is 0 Å². The number of allylic oxidation sites excluding steroid dienone is 13. The first-order valence-corrected chi connectivity index (χ1v) is 39.3. The van der Waals surface area contributed by atoms with Crippen LogP contribution in [0.25, 0.3) is 0 Å². The summed E-state index contributed by atoms with van der Waals surface area (Å²) in [6, 6.07) is -1.00.